The van der Waals surface area contributed by atoms with Crippen LogP contribution in [-0.4, -0.2) is 54.8 Å². The summed E-state index contributed by atoms with van der Waals surface area (Å²) in [6.45, 7) is 8.13. The molecule has 2 aliphatic rings. The lowest BCUT2D eigenvalue weighted by Crippen LogP contribution is -2.56. The van der Waals surface area contributed by atoms with Gasteiger partial charge in [0.25, 0.3) is 15.9 Å². The van der Waals surface area contributed by atoms with Crippen LogP contribution < -0.4 is 20.5 Å². The van der Waals surface area contributed by atoms with Crippen LogP contribution in [0.5, 0.6) is 5.75 Å². The summed E-state index contributed by atoms with van der Waals surface area (Å²) in [5, 5.41) is 2.82. The van der Waals surface area contributed by atoms with Gasteiger partial charge in [-0.1, -0.05) is 19.9 Å². The van der Waals surface area contributed by atoms with Gasteiger partial charge < -0.3 is 15.8 Å². The topological polar surface area (TPSA) is 144 Å². The Hall–Kier alpha value is -3.77. The highest BCUT2D eigenvalue weighted by molar-refractivity contribution is 7.90. The van der Waals surface area contributed by atoms with Crippen molar-refractivity contribution in [1.29, 1.82) is 0 Å². The van der Waals surface area contributed by atoms with Crippen LogP contribution in [0, 0.1) is 11.7 Å². The Balaban J connectivity index is 1.70. The molecule has 39 heavy (non-hydrogen) atoms. The molecule has 1 aromatic carbocycles. The maximum absolute atomic E-state index is 14.5. The fourth-order valence-electron chi connectivity index (χ4n) is 4.53. The molecule has 4 N–H and O–H groups in total. The van der Waals surface area contributed by atoms with Crippen LogP contribution in [-0.2, 0) is 19.6 Å². The number of nitrogens with zero attached hydrogens (tertiary/aromatic N) is 2. The molecule has 208 valence electrons. The van der Waals surface area contributed by atoms with E-state index in [0.29, 0.717) is 23.6 Å². The van der Waals surface area contributed by atoms with Gasteiger partial charge in [-0.15, -0.1) is 0 Å². The van der Waals surface area contributed by atoms with E-state index in [1.54, 1.807) is 17.0 Å². The molecule has 1 aromatic heterocycles. The number of amides is 1. The normalized spacial score (nSPS) is 19.3. The van der Waals surface area contributed by atoms with Gasteiger partial charge in [-0.05, 0) is 56.2 Å². The monoisotopic (exact) mass is 557 g/mol. The van der Waals surface area contributed by atoms with Gasteiger partial charge in [0.05, 0.1) is 18.7 Å². The van der Waals surface area contributed by atoms with Crippen molar-refractivity contribution in [2.75, 3.05) is 18.9 Å². The Kier molecular flexibility index (Phi) is 7.80. The zero-order valence-corrected chi connectivity index (χ0v) is 23.0. The summed E-state index contributed by atoms with van der Waals surface area (Å²) in [4.78, 5) is 31.3. The number of sulfonamides is 1. The van der Waals surface area contributed by atoms with Gasteiger partial charge in [0.1, 0.15) is 29.3 Å². The van der Waals surface area contributed by atoms with E-state index in [1.807, 2.05) is 32.4 Å². The standard InChI is InChI=1S/C27H32FN5O5S/c1-16(2)15-38-20-11-17(10-18(28)12-20)22-9-8-21(25(30-22)33-14-19(34)13-27(33,3)4)26(35)32-39(36,37)24-7-5-6-23(29)31-24/h5-12,16,25,30H,13-15H2,1-4H3,(H2,29,31)(H,32,35). The number of ether oxygens (including phenoxy) is 1. The predicted octanol–water partition coefficient (Wildman–Crippen LogP) is 2.59. The number of nitrogens with one attached hydrogen (secondary N) is 2. The molecule has 1 unspecified atom stereocenters. The first-order chi connectivity index (χ1) is 18.2. The zero-order valence-electron chi connectivity index (χ0n) is 22.2. The fourth-order valence-corrected chi connectivity index (χ4v) is 5.48. The number of rotatable bonds is 8. The third-order valence-electron chi connectivity index (χ3n) is 6.36. The van der Waals surface area contributed by atoms with Crippen molar-refractivity contribution >= 4 is 33.2 Å². The molecule has 0 bridgehead atoms. The Bertz CT molecular complexity index is 1470. The SMILES string of the molecule is CC(C)COc1cc(F)cc(C2=CC=C(C(=O)NS(=O)(=O)c3cccc(N)n3)C(N3CC(=O)CC3(C)C)N2)c1. The molecule has 2 aromatic rings. The fraction of sp³-hybridized carbons (Fsp3) is 0.370. The molecule has 0 spiro atoms. The third-order valence-corrected chi connectivity index (χ3v) is 7.59. The predicted molar refractivity (Wildman–Crippen MR) is 144 cm³/mol. The van der Waals surface area contributed by atoms with Crippen molar-refractivity contribution in [3.63, 3.8) is 0 Å². The molecule has 0 saturated carbocycles. The number of allylic oxidation sites excluding steroid dienone is 2. The highest BCUT2D eigenvalue weighted by atomic mass is 32.2. The lowest BCUT2D eigenvalue weighted by molar-refractivity contribution is -0.118. The number of dihydropyridines is 1. The van der Waals surface area contributed by atoms with Crippen molar-refractivity contribution < 1.29 is 27.1 Å². The van der Waals surface area contributed by atoms with Gasteiger partial charge in [0, 0.05) is 29.3 Å². The van der Waals surface area contributed by atoms with Crippen LogP contribution in [0.2, 0.25) is 0 Å². The molecule has 2 aliphatic heterocycles. The van der Waals surface area contributed by atoms with E-state index in [2.05, 4.69) is 10.3 Å². The second kappa shape index (κ2) is 10.8. The minimum Gasteiger partial charge on any atom is -0.493 e. The number of nitrogens with two attached hydrogens (primary N) is 1. The van der Waals surface area contributed by atoms with Gasteiger partial charge in [-0.3, -0.25) is 14.5 Å². The molecule has 0 aliphatic carbocycles. The van der Waals surface area contributed by atoms with E-state index in [4.69, 9.17) is 10.5 Å². The summed E-state index contributed by atoms with van der Waals surface area (Å²) < 4.78 is 48.0. The summed E-state index contributed by atoms with van der Waals surface area (Å²) in [6, 6.07) is 8.36. The van der Waals surface area contributed by atoms with Gasteiger partial charge in [0.15, 0.2) is 5.03 Å². The summed E-state index contributed by atoms with van der Waals surface area (Å²) in [7, 11) is -4.34. The highest BCUT2D eigenvalue weighted by Crippen LogP contribution is 2.33. The molecular weight excluding hydrogens is 525 g/mol. The van der Waals surface area contributed by atoms with Crippen molar-refractivity contribution in [3.05, 3.63) is 65.5 Å². The maximum atomic E-state index is 14.5. The lowest BCUT2D eigenvalue weighted by atomic mass is 9.97. The molecule has 1 fully saturated rings. The van der Waals surface area contributed by atoms with Crippen LogP contribution in [0.1, 0.15) is 39.7 Å². The zero-order chi connectivity index (χ0) is 28.5. The number of anilines is 1. The second-order valence-corrected chi connectivity index (χ2v) is 12.3. The Labute approximate surface area is 227 Å². The number of hydrogen-bond acceptors (Lipinski definition) is 9. The van der Waals surface area contributed by atoms with Gasteiger partial charge in [-0.2, -0.15) is 8.42 Å². The first-order valence-electron chi connectivity index (χ1n) is 12.5. The van der Waals surface area contributed by atoms with Crippen molar-refractivity contribution in [1.82, 2.24) is 19.9 Å². The molecule has 4 rings (SSSR count). The van der Waals surface area contributed by atoms with Crippen LogP contribution in [0.25, 0.3) is 5.70 Å². The number of carbonyl (C=O) groups excluding carboxylic acids is 2. The minimum absolute atomic E-state index is 0.0153. The van der Waals surface area contributed by atoms with Crippen molar-refractivity contribution in [3.8, 4) is 5.75 Å². The highest BCUT2D eigenvalue weighted by Gasteiger charge is 2.44. The van der Waals surface area contributed by atoms with Crippen molar-refractivity contribution in [2.24, 2.45) is 5.92 Å². The Morgan fingerprint density at radius 3 is 2.67 bits per heavy atom. The van der Waals surface area contributed by atoms with Gasteiger partial charge in [0.2, 0.25) is 0 Å². The van der Waals surface area contributed by atoms with Crippen LogP contribution in [0.4, 0.5) is 10.2 Å². The van der Waals surface area contributed by atoms with Gasteiger partial charge >= 0.3 is 0 Å². The van der Waals surface area contributed by atoms with E-state index in [1.165, 1.54) is 36.4 Å². The van der Waals surface area contributed by atoms with Crippen molar-refractivity contribution in [2.45, 2.75) is 50.8 Å². The first kappa shape index (κ1) is 28.2. The summed E-state index contributed by atoms with van der Waals surface area (Å²) in [5.41, 5.74) is 5.97. The van der Waals surface area contributed by atoms with E-state index in [9.17, 15) is 22.4 Å². The first-order valence-corrected chi connectivity index (χ1v) is 13.9. The van der Waals surface area contributed by atoms with E-state index in [-0.39, 0.29) is 36.1 Å². The maximum Gasteiger partial charge on any atom is 0.281 e. The molecule has 1 atom stereocenters. The average Bonchev–Trinajstić information content (AvgIpc) is 3.13. The summed E-state index contributed by atoms with van der Waals surface area (Å²) in [6.07, 6.45) is 2.38. The number of likely N-dealkylation sites (tertiary alicyclic amines) is 1. The molecule has 3 heterocycles. The number of aromatic nitrogens is 1. The molecule has 1 amide bonds. The quantitative estimate of drug-likeness (QED) is 0.446. The van der Waals surface area contributed by atoms with E-state index >= 15 is 0 Å². The molecule has 12 heteroatoms. The van der Waals surface area contributed by atoms with Crippen LogP contribution in [0.15, 0.2) is 59.1 Å². The number of benzene rings is 1. The second-order valence-electron chi connectivity index (χ2n) is 10.6. The largest absolute Gasteiger partial charge is 0.493 e. The molecular formula is C27H32FN5O5S. The number of Topliss-reactive ketones (excluding diaryl/α,β-unsaturated/α-hetero) is 1. The summed E-state index contributed by atoms with van der Waals surface area (Å²) >= 11 is 0. The molecule has 1 saturated heterocycles. The Morgan fingerprint density at radius 2 is 2.03 bits per heavy atom. The van der Waals surface area contributed by atoms with Crippen LogP contribution >= 0.6 is 0 Å². The minimum atomic E-state index is -4.34. The number of hydrogen-bond donors (Lipinski definition) is 3. The number of ketones is 1. The van der Waals surface area contributed by atoms with Gasteiger partial charge in [-0.25, -0.2) is 14.1 Å². The number of halogens is 1. The summed E-state index contributed by atoms with van der Waals surface area (Å²) in [5.74, 6) is -0.852. The lowest BCUT2D eigenvalue weighted by Gasteiger charge is -2.40. The molecule has 0 radical (unpaired) electrons. The van der Waals surface area contributed by atoms with E-state index in [0.717, 1.165) is 0 Å². The third kappa shape index (κ3) is 6.45. The number of nitrogen functional groups attached to an aromatic ring is 1. The average molecular weight is 558 g/mol. The Morgan fingerprint density at radius 1 is 1.28 bits per heavy atom. The number of carbonyl (C=O) groups is 2. The van der Waals surface area contributed by atoms with E-state index < -0.39 is 38.5 Å². The number of pyridine rings is 1. The molecule has 10 nitrogen and oxygen atoms in total. The smallest absolute Gasteiger partial charge is 0.281 e. The van der Waals surface area contributed by atoms with Crippen LogP contribution in [0.3, 0.4) is 0 Å².